The van der Waals surface area contributed by atoms with E-state index in [1.165, 1.54) is 28.7 Å². The average molecular weight is 514 g/mol. The molecule has 2 amide bonds. The number of nitrogens with two attached hydrogens (primary N) is 1. The summed E-state index contributed by atoms with van der Waals surface area (Å²) in [5, 5.41) is 12.7. The molecule has 0 fully saturated rings. The molecule has 0 saturated heterocycles. The fraction of sp³-hybridized carbons (Fsp3) is 0.440. The number of rotatable bonds is 9. The lowest BCUT2D eigenvalue weighted by molar-refractivity contribution is -0.113. The number of carbonyl (C=O) groups is 2. The first-order valence-corrected chi connectivity index (χ1v) is 13.6. The third kappa shape index (κ3) is 5.70. The molecule has 1 aliphatic carbocycles. The molecule has 4 rings (SSSR count). The summed E-state index contributed by atoms with van der Waals surface area (Å²) < 4.78 is 7.91. The molecule has 0 bridgehead atoms. The topological polar surface area (TPSA) is 112 Å². The van der Waals surface area contributed by atoms with Crippen molar-refractivity contribution in [3.05, 3.63) is 51.2 Å². The van der Waals surface area contributed by atoms with Crippen LogP contribution in [0.5, 0.6) is 5.75 Å². The van der Waals surface area contributed by atoms with Crippen molar-refractivity contribution in [1.82, 2.24) is 14.8 Å². The number of thioether (sulfide) groups is 1. The van der Waals surface area contributed by atoms with Crippen molar-refractivity contribution in [3.8, 4) is 5.75 Å². The molecule has 1 aromatic carbocycles. The molecular formula is C25H31N5O3S2. The number of amides is 2. The summed E-state index contributed by atoms with van der Waals surface area (Å²) in [6.07, 6.45) is 2.76. The van der Waals surface area contributed by atoms with Crippen molar-refractivity contribution in [1.29, 1.82) is 0 Å². The minimum atomic E-state index is -0.487. The number of nitrogens with one attached hydrogen (secondary N) is 1. The van der Waals surface area contributed by atoms with Gasteiger partial charge in [0.1, 0.15) is 17.4 Å². The number of hydrogen-bond acceptors (Lipinski definition) is 7. The van der Waals surface area contributed by atoms with Gasteiger partial charge >= 0.3 is 0 Å². The highest BCUT2D eigenvalue weighted by Crippen LogP contribution is 2.39. The van der Waals surface area contributed by atoms with E-state index in [2.05, 4.69) is 28.5 Å². The lowest BCUT2D eigenvalue weighted by Gasteiger charge is -2.18. The highest BCUT2D eigenvalue weighted by Gasteiger charge is 2.27. The second kappa shape index (κ2) is 10.8. The van der Waals surface area contributed by atoms with E-state index < -0.39 is 5.91 Å². The number of aryl methyl sites for hydroxylation is 2. The number of ether oxygens (including phenoxy) is 1. The molecule has 8 nitrogen and oxygen atoms in total. The smallest absolute Gasteiger partial charge is 0.251 e. The van der Waals surface area contributed by atoms with E-state index in [1.807, 2.05) is 37.5 Å². The Labute approximate surface area is 213 Å². The van der Waals surface area contributed by atoms with E-state index in [0.717, 1.165) is 41.0 Å². The second-order valence-electron chi connectivity index (χ2n) is 8.96. The van der Waals surface area contributed by atoms with Gasteiger partial charge in [0.25, 0.3) is 5.91 Å². The zero-order valence-corrected chi connectivity index (χ0v) is 22.1. The first kappa shape index (κ1) is 25.2. The summed E-state index contributed by atoms with van der Waals surface area (Å²) in [5.74, 6) is 1.53. The molecule has 35 heavy (non-hydrogen) atoms. The Balaban J connectivity index is 1.40. The molecule has 0 saturated carbocycles. The van der Waals surface area contributed by atoms with E-state index in [1.54, 1.807) is 0 Å². The van der Waals surface area contributed by atoms with Gasteiger partial charge in [0, 0.05) is 11.4 Å². The summed E-state index contributed by atoms with van der Waals surface area (Å²) in [6.45, 7) is 9.22. The normalized spacial score (nSPS) is 15.0. The Bertz CT molecular complexity index is 1250. The van der Waals surface area contributed by atoms with Crippen LogP contribution in [-0.2, 0) is 30.8 Å². The molecule has 1 aliphatic rings. The van der Waals surface area contributed by atoms with Gasteiger partial charge in [-0.2, -0.15) is 0 Å². The molecule has 10 heteroatoms. The van der Waals surface area contributed by atoms with Crippen molar-refractivity contribution < 1.29 is 14.3 Å². The van der Waals surface area contributed by atoms with Crippen molar-refractivity contribution in [2.45, 2.75) is 65.3 Å². The Morgan fingerprint density at radius 2 is 2.11 bits per heavy atom. The Hall–Kier alpha value is -2.85. The van der Waals surface area contributed by atoms with Gasteiger partial charge in [0.2, 0.25) is 5.91 Å². The van der Waals surface area contributed by atoms with Gasteiger partial charge in [-0.15, -0.1) is 21.5 Å². The molecule has 0 aliphatic heterocycles. The van der Waals surface area contributed by atoms with Gasteiger partial charge in [0.05, 0.1) is 11.3 Å². The van der Waals surface area contributed by atoms with Crippen LogP contribution in [0.1, 0.15) is 58.0 Å². The molecule has 0 radical (unpaired) electrons. The van der Waals surface area contributed by atoms with Gasteiger partial charge in [-0.1, -0.05) is 36.4 Å². The maximum Gasteiger partial charge on any atom is 0.251 e. The van der Waals surface area contributed by atoms with E-state index in [-0.39, 0.29) is 11.7 Å². The van der Waals surface area contributed by atoms with Crippen LogP contribution >= 0.6 is 23.1 Å². The van der Waals surface area contributed by atoms with Gasteiger partial charge in [-0.3, -0.25) is 9.59 Å². The minimum Gasteiger partial charge on any atom is -0.485 e. The number of thiophene rings is 1. The summed E-state index contributed by atoms with van der Waals surface area (Å²) >= 11 is 2.78. The molecule has 186 valence electrons. The monoisotopic (exact) mass is 513 g/mol. The molecule has 0 spiro atoms. The predicted octanol–water partition coefficient (Wildman–Crippen LogP) is 4.51. The fourth-order valence-corrected chi connectivity index (χ4v) is 6.60. The van der Waals surface area contributed by atoms with E-state index in [0.29, 0.717) is 40.6 Å². The maximum atomic E-state index is 12.8. The Morgan fingerprint density at radius 3 is 2.83 bits per heavy atom. The van der Waals surface area contributed by atoms with Crippen molar-refractivity contribution in [2.24, 2.45) is 11.7 Å². The minimum absolute atomic E-state index is 0.146. The number of benzene rings is 1. The standard InChI is InChI=1S/C25H31N5O3S2/c1-5-30-20(12-33-18-9-7-14(2)10-16(18)4)28-29-25(30)34-13-21(31)27-24-22(23(26)32)17-8-6-15(3)11-19(17)35-24/h7,9-10,15H,5-6,8,11-13H2,1-4H3,(H2,26,32)(H,27,31). The molecule has 2 aromatic heterocycles. The molecular weight excluding hydrogens is 482 g/mol. The van der Waals surface area contributed by atoms with E-state index in [4.69, 9.17) is 10.5 Å². The highest BCUT2D eigenvalue weighted by molar-refractivity contribution is 7.99. The highest BCUT2D eigenvalue weighted by atomic mass is 32.2. The SMILES string of the molecule is CCn1c(COc2ccc(C)cc2C)nnc1SCC(=O)Nc1sc2c(c1C(N)=O)CCC(C)C2. The first-order chi connectivity index (χ1) is 16.8. The van der Waals surface area contributed by atoms with Crippen LogP contribution < -0.4 is 15.8 Å². The number of hydrogen-bond donors (Lipinski definition) is 2. The van der Waals surface area contributed by atoms with Crippen LogP contribution in [0.2, 0.25) is 0 Å². The summed E-state index contributed by atoms with van der Waals surface area (Å²) in [4.78, 5) is 26.0. The molecule has 3 N–H and O–H groups in total. The van der Waals surface area contributed by atoms with E-state index in [9.17, 15) is 9.59 Å². The van der Waals surface area contributed by atoms with E-state index >= 15 is 0 Å². The van der Waals surface area contributed by atoms with Crippen LogP contribution in [0, 0.1) is 19.8 Å². The molecule has 3 aromatic rings. The van der Waals surface area contributed by atoms with Gasteiger partial charge in [-0.25, -0.2) is 0 Å². The number of fused-ring (bicyclic) bond motifs is 1. The maximum absolute atomic E-state index is 12.8. The second-order valence-corrected chi connectivity index (χ2v) is 11.0. The van der Waals surface area contributed by atoms with Crippen LogP contribution in [0.25, 0.3) is 0 Å². The lowest BCUT2D eigenvalue weighted by Crippen LogP contribution is -2.20. The quantitative estimate of drug-likeness (QED) is 0.407. The summed E-state index contributed by atoms with van der Waals surface area (Å²) in [7, 11) is 0. The number of nitrogens with zero attached hydrogens (tertiary/aromatic N) is 3. The molecule has 1 unspecified atom stereocenters. The third-order valence-electron chi connectivity index (χ3n) is 6.14. The number of carbonyl (C=O) groups excluding carboxylic acids is 2. The first-order valence-electron chi connectivity index (χ1n) is 11.8. The van der Waals surface area contributed by atoms with Gasteiger partial charge in [-0.05, 0) is 63.1 Å². The molecule has 2 heterocycles. The largest absolute Gasteiger partial charge is 0.485 e. The van der Waals surface area contributed by atoms with Crippen molar-refractivity contribution in [2.75, 3.05) is 11.1 Å². The number of aromatic nitrogens is 3. The van der Waals surface area contributed by atoms with Gasteiger partial charge < -0.3 is 20.4 Å². The molecule has 1 atom stereocenters. The van der Waals surface area contributed by atoms with Crippen LogP contribution in [0.3, 0.4) is 0 Å². The summed E-state index contributed by atoms with van der Waals surface area (Å²) in [5.41, 5.74) is 9.39. The van der Waals surface area contributed by atoms with Crippen molar-refractivity contribution >= 4 is 39.9 Å². The zero-order chi connectivity index (χ0) is 25.1. The number of anilines is 1. The van der Waals surface area contributed by atoms with Crippen LogP contribution in [0.15, 0.2) is 23.4 Å². The van der Waals surface area contributed by atoms with Crippen LogP contribution in [-0.4, -0.2) is 32.3 Å². The third-order valence-corrected chi connectivity index (χ3v) is 8.28. The lowest BCUT2D eigenvalue weighted by atomic mass is 9.88. The van der Waals surface area contributed by atoms with Crippen LogP contribution in [0.4, 0.5) is 5.00 Å². The zero-order valence-electron chi connectivity index (χ0n) is 20.5. The Morgan fingerprint density at radius 1 is 1.31 bits per heavy atom. The van der Waals surface area contributed by atoms with Gasteiger partial charge in [0.15, 0.2) is 11.0 Å². The fourth-order valence-electron chi connectivity index (χ4n) is 4.35. The predicted molar refractivity (Wildman–Crippen MR) is 139 cm³/mol. The average Bonchev–Trinajstić information content (AvgIpc) is 3.36. The van der Waals surface area contributed by atoms with Crippen molar-refractivity contribution in [3.63, 3.8) is 0 Å². The summed E-state index contributed by atoms with van der Waals surface area (Å²) in [6, 6.07) is 6.05. The Kier molecular flexibility index (Phi) is 7.81. The number of primary amides is 1.